The number of methoxy groups -OCH3 is 2. The average Bonchev–Trinajstić information content (AvgIpc) is 2.73. The second-order valence-corrected chi connectivity index (χ2v) is 5.38. The molecular formula is C19H10F6O6. The molecule has 0 heterocycles. The Kier molecular flexibility index (Phi) is 7.36. The summed E-state index contributed by atoms with van der Waals surface area (Å²) in [7, 11) is 1.69. The van der Waals surface area contributed by atoms with Crippen LogP contribution in [-0.2, 0) is 9.47 Å². The van der Waals surface area contributed by atoms with Crippen LogP contribution in [0.1, 0.15) is 20.7 Å². The molecule has 0 fully saturated rings. The highest BCUT2D eigenvalue weighted by Crippen LogP contribution is 2.28. The van der Waals surface area contributed by atoms with Gasteiger partial charge in [-0.3, -0.25) is 0 Å². The van der Waals surface area contributed by atoms with Gasteiger partial charge < -0.3 is 18.9 Å². The Morgan fingerprint density at radius 1 is 0.774 bits per heavy atom. The first-order valence-corrected chi connectivity index (χ1v) is 7.93. The maximum atomic E-state index is 14.0. The van der Waals surface area contributed by atoms with Crippen LogP contribution in [0.15, 0.2) is 12.1 Å². The first kappa shape index (κ1) is 23.4. The third kappa shape index (κ3) is 4.82. The third-order valence-corrected chi connectivity index (χ3v) is 3.57. The van der Waals surface area contributed by atoms with Crippen LogP contribution in [0.25, 0.3) is 0 Å². The summed E-state index contributed by atoms with van der Waals surface area (Å²) in [5.41, 5.74) is -2.02. The third-order valence-electron chi connectivity index (χ3n) is 3.57. The van der Waals surface area contributed by atoms with Gasteiger partial charge in [-0.2, -0.15) is 8.78 Å². The van der Waals surface area contributed by atoms with Crippen molar-refractivity contribution in [3.05, 3.63) is 58.2 Å². The summed E-state index contributed by atoms with van der Waals surface area (Å²) in [6, 6.07) is 0.457. The number of carbonyl (C=O) groups is 2. The molecule has 0 aliphatic rings. The number of rotatable bonds is 5. The van der Waals surface area contributed by atoms with E-state index in [9.17, 15) is 35.9 Å². The average molecular weight is 448 g/mol. The molecule has 2 aromatic rings. The van der Waals surface area contributed by atoms with E-state index in [2.05, 4.69) is 18.9 Å². The molecule has 6 nitrogen and oxygen atoms in total. The van der Waals surface area contributed by atoms with Crippen molar-refractivity contribution in [2.75, 3.05) is 20.8 Å². The van der Waals surface area contributed by atoms with E-state index in [0.29, 0.717) is 0 Å². The molecule has 0 amide bonds. The lowest BCUT2D eigenvalue weighted by atomic mass is 10.2. The zero-order valence-corrected chi connectivity index (χ0v) is 15.6. The van der Waals surface area contributed by atoms with Crippen molar-refractivity contribution >= 4 is 11.9 Å². The quantitative estimate of drug-likeness (QED) is 0.302. The fraction of sp³-hybridized carbons (Fsp3) is 0.158. The molecule has 12 heteroatoms. The second kappa shape index (κ2) is 9.75. The van der Waals surface area contributed by atoms with Crippen LogP contribution < -0.4 is 9.47 Å². The van der Waals surface area contributed by atoms with E-state index >= 15 is 0 Å². The molecule has 2 aromatic carbocycles. The van der Waals surface area contributed by atoms with Gasteiger partial charge >= 0.3 is 11.9 Å². The molecule has 164 valence electrons. The number of hydrogen-bond donors (Lipinski definition) is 0. The summed E-state index contributed by atoms with van der Waals surface area (Å²) in [4.78, 5) is 23.5. The number of hydrogen-bond acceptors (Lipinski definition) is 6. The highest BCUT2D eigenvalue weighted by atomic mass is 19.2. The van der Waals surface area contributed by atoms with Gasteiger partial charge in [-0.05, 0) is 18.1 Å². The van der Waals surface area contributed by atoms with E-state index in [1.165, 1.54) is 0 Å². The van der Waals surface area contributed by atoms with Crippen molar-refractivity contribution in [2.45, 2.75) is 0 Å². The molecule has 0 saturated heterocycles. The van der Waals surface area contributed by atoms with Crippen LogP contribution in [-0.4, -0.2) is 32.8 Å². The predicted octanol–water partition coefficient (Wildman–Crippen LogP) is 3.51. The molecule has 0 aromatic heterocycles. The molecule has 0 radical (unpaired) electrons. The van der Waals surface area contributed by atoms with E-state index in [4.69, 9.17) is 0 Å². The Hall–Kier alpha value is -3.88. The van der Waals surface area contributed by atoms with Crippen molar-refractivity contribution in [3.8, 4) is 23.5 Å². The molecule has 0 atom stereocenters. The topological polar surface area (TPSA) is 71.1 Å². The van der Waals surface area contributed by atoms with Crippen LogP contribution in [0, 0.1) is 46.9 Å². The lowest BCUT2D eigenvalue weighted by Crippen LogP contribution is -2.11. The predicted molar refractivity (Wildman–Crippen MR) is 89.2 cm³/mol. The molecule has 31 heavy (non-hydrogen) atoms. The summed E-state index contributed by atoms with van der Waals surface area (Å²) in [6.07, 6.45) is 1.69. The largest absolute Gasteiger partial charge is 0.491 e. The van der Waals surface area contributed by atoms with Gasteiger partial charge in [0, 0.05) is 0 Å². The second-order valence-electron chi connectivity index (χ2n) is 5.38. The lowest BCUT2D eigenvalue weighted by Gasteiger charge is -2.08. The molecule has 2 rings (SSSR count). The van der Waals surface area contributed by atoms with Gasteiger partial charge in [0.2, 0.25) is 11.6 Å². The zero-order chi connectivity index (χ0) is 23.3. The number of esters is 2. The minimum absolute atomic E-state index is 0.219. The summed E-state index contributed by atoms with van der Waals surface area (Å²) in [5, 5.41) is 0. The fourth-order valence-electron chi connectivity index (χ4n) is 2.16. The zero-order valence-electron chi connectivity index (χ0n) is 15.6. The highest BCUT2D eigenvalue weighted by molar-refractivity contribution is 5.91. The molecule has 0 unspecified atom stereocenters. The van der Waals surface area contributed by atoms with Gasteiger partial charge in [0.05, 0.1) is 14.2 Å². The number of ether oxygens (including phenoxy) is 4. The van der Waals surface area contributed by atoms with Crippen LogP contribution in [0.4, 0.5) is 26.3 Å². The van der Waals surface area contributed by atoms with Gasteiger partial charge in [0.1, 0.15) is 17.2 Å². The summed E-state index contributed by atoms with van der Waals surface area (Å²) in [5.74, 6) is -12.8. The molecule has 0 N–H and O–H groups in total. The Morgan fingerprint density at radius 3 is 1.68 bits per heavy atom. The summed E-state index contributed by atoms with van der Waals surface area (Å²) < 4.78 is 98.8. The normalized spacial score (nSPS) is 10.1. The highest BCUT2D eigenvalue weighted by Gasteiger charge is 2.25. The minimum atomic E-state index is -1.66. The molecule has 0 aliphatic heterocycles. The van der Waals surface area contributed by atoms with Crippen molar-refractivity contribution in [1.82, 2.24) is 0 Å². The Balaban J connectivity index is 2.06. The maximum absolute atomic E-state index is 14.0. The monoisotopic (exact) mass is 448 g/mol. The van der Waals surface area contributed by atoms with Crippen molar-refractivity contribution in [1.29, 1.82) is 0 Å². The standard InChI is InChI=1S/C19H10F6O6/c1-28-16-12(22)8(6-10(20)14(16)24)18(26)30-4-3-5-31-19(27)9-7-11(21)15(25)17(29-2)13(9)23/h6-7H,4H2,1-2H3. The molecule has 0 aliphatic carbocycles. The number of halogens is 6. The number of benzene rings is 2. The van der Waals surface area contributed by atoms with Gasteiger partial charge in [0.25, 0.3) is 0 Å². The van der Waals surface area contributed by atoms with Crippen LogP contribution >= 0.6 is 0 Å². The van der Waals surface area contributed by atoms with E-state index in [-0.39, 0.29) is 12.1 Å². The Morgan fingerprint density at radius 2 is 1.23 bits per heavy atom. The van der Waals surface area contributed by atoms with Crippen LogP contribution in [0.2, 0.25) is 0 Å². The number of carbonyl (C=O) groups excluding carboxylic acids is 2. The van der Waals surface area contributed by atoms with E-state index < -0.39 is 76.1 Å². The first-order chi connectivity index (χ1) is 14.6. The van der Waals surface area contributed by atoms with Crippen molar-refractivity contribution in [3.63, 3.8) is 0 Å². The van der Waals surface area contributed by atoms with Crippen LogP contribution in [0.3, 0.4) is 0 Å². The van der Waals surface area contributed by atoms with Gasteiger partial charge in [-0.15, -0.1) is 0 Å². The lowest BCUT2D eigenvalue weighted by molar-refractivity contribution is 0.0549. The fourth-order valence-corrected chi connectivity index (χ4v) is 2.16. The minimum Gasteiger partial charge on any atom is -0.491 e. The molecule has 0 saturated carbocycles. The van der Waals surface area contributed by atoms with E-state index in [1.54, 1.807) is 6.11 Å². The van der Waals surface area contributed by atoms with Gasteiger partial charge in [0.15, 0.2) is 41.4 Å². The Labute approximate surface area is 170 Å². The van der Waals surface area contributed by atoms with E-state index in [1.807, 2.05) is 5.92 Å². The maximum Gasteiger partial charge on any atom is 0.355 e. The summed E-state index contributed by atoms with van der Waals surface area (Å²) >= 11 is 0. The smallest absolute Gasteiger partial charge is 0.355 e. The SMILES string of the molecule is COc1c(F)c(F)cc(C(=O)OC#CCOC(=O)c2cc(F)c(F)c(OC)c2F)c1F. The molecule has 0 spiro atoms. The first-order valence-electron chi connectivity index (χ1n) is 7.93. The van der Waals surface area contributed by atoms with Crippen molar-refractivity contribution < 1.29 is 54.9 Å². The van der Waals surface area contributed by atoms with Gasteiger partial charge in [-0.1, -0.05) is 0 Å². The van der Waals surface area contributed by atoms with E-state index in [0.717, 1.165) is 14.2 Å². The molecular weight excluding hydrogens is 438 g/mol. The van der Waals surface area contributed by atoms with Crippen LogP contribution in [0.5, 0.6) is 11.5 Å². The Bertz CT molecular complexity index is 1110. The summed E-state index contributed by atoms with van der Waals surface area (Å²) in [6.45, 7) is -0.823. The van der Waals surface area contributed by atoms with Gasteiger partial charge in [-0.25, -0.2) is 27.2 Å². The molecule has 0 bridgehead atoms. The van der Waals surface area contributed by atoms with Crippen molar-refractivity contribution in [2.24, 2.45) is 0 Å².